The van der Waals surface area contributed by atoms with Crippen LogP contribution < -0.4 is 5.73 Å². The van der Waals surface area contributed by atoms with Gasteiger partial charge >= 0.3 is 0 Å². The third kappa shape index (κ3) is 1.52. The molecule has 0 saturated heterocycles. The van der Waals surface area contributed by atoms with E-state index in [0.29, 0.717) is 17.9 Å². The molecule has 86 valence electrons. The van der Waals surface area contributed by atoms with Crippen molar-refractivity contribution in [3.63, 3.8) is 0 Å². The highest BCUT2D eigenvalue weighted by molar-refractivity contribution is 6.05. The zero-order valence-electron chi connectivity index (χ0n) is 9.40. The molecule has 0 atom stereocenters. The van der Waals surface area contributed by atoms with E-state index >= 15 is 0 Å². The van der Waals surface area contributed by atoms with Crippen LogP contribution >= 0.6 is 0 Å². The maximum Gasteiger partial charge on any atom is 0.152 e. The molecule has 0 saturated carbocycles. The third-order valence-corrected chi connectivity index (χ3v) is 2.69. The fourth-order valence-corrected chi connectivity index (χ4v) is 1.97. The molecule has 0 unspecified atom stereocenters. The maximum absolute atomic E-state index is 5.90. The molecule has 3 N–H and O–H groups in total. The van der Waals surface area contributed by atoms with Crippen molar-refractivity contribution in [2.45, 2.75) is 6.61 Å². The van der Waals surface area contributed by atoms with E-state index in [0.717, 1.165) is 22.2 Å². The number of benzene rings is 1. The predicted molar refractivity (Wildman–Crippen MR) is 66.5 cm³/mol. The summed E-state index contributed by atoms with van der Waals surface area (Å²) in [7, 11) is 1.63. The van der Waals surface area contributed by atoms with Crippen LogP contribution in [0.25, 0.3) is 21.9 Å². The van der Waals surface area contributed by atoms with E-state index in [1.165, 1.54) is 0 Å². The Morgan fingerprint density at radius 1 is 1.29 bits per heavy atom. The second-order valence-electron chi connectivity index (χ2n) is 3.85. The number of pyridine rings is 1. The van der Waals surface area contributed by atoms with Gasteiger partial charge in [0.25, 0.3) is 0 Å². The molecule has 1 aromatic carbocycles. The van der Waals surface area contributed by atoms with Crippen molar-refractivity contribution >= 4 is 27.8 Å². The highest BCUT2D eigenvalue weighted by atomic mass is 16.5. The Balaban J connectivity index is 2.39. The van der Waals surface area contributed by atoms with E-state index in [-0.39, 0.29) is 0 Å². The fraction of sp³-hybridized carbons (Fsp3) is 0.167. The summed E-state index contributed by atoms with van der Waals surface area (Å²) in [5.74, 6) is 1.20. The Hall–Kier alpha value is -2.14. The van der Waals surface area contributed by atoms with Gasteiger partial charge in [-0.2, -0.15) is 0 Å². The zero-order chi connectivity index (χ0) is 11.8. The van der Waals surface area contributed by atoms with Gasteiger partial charge in [0.15, 0.2) is 5.82 Å². The number of nitrogens with two attached hydrogens (primary N) is 1. The van der Waals surface area contributed by atoms with Crippen molar-refractivity contribution in [2.75, 3.05) is 12.8 Å². The van der Waals surface area contributed by atoms with Gasteiger partial charge in [-0.25, -0.2) is 9.97 Å². The summed E-state index contributed by atoms with van der Waals surface area (Å²) in [5.41, 5.74) is 8.38. The van der Waals surface area contributed by atoms with Crippen LogP contribution in [0, 0.1) is 0 Å². The number of para-hydroxylation sites is 1. The number of nitrogen functional groups attached to an aromatic ring is 1. The van der Waals surface area contributed by atoms with Gasteiger partial charge in [-0.1, -0.05) is 18.2 Å². The van der Waals surface area contributed by atoms with Gasteiger partial charge in [-0.05, 0) is 6.07 Å². The van der Waals surface area contributed by atoms with Crippen molar-refractivity contribution < 1.29 is 4.74 Å². The van der Waals surface area contributed by atoms with Crippen LogP contribution in [0.1, 0.15) is 5.82 Å². The van der Waals surface area contributed by atoms with Crippen LogP contribution in [-0.4, -0.2) is 22.1 Å². The number of imidazole rings is 1. The van der Waals surface area contributed by atoms with Gasteiger partial charge in [0.05, 0.1) is 11.0 Å². The summed E-state index contributed by atoms with van der Waals surface area (Å²) in [6, 6.07) is 7.84. The van der Waals surface area contributed by atoms with Gasteiger partial charge in [-0.15, -0.1) is 0 Å². The fourth-order valence-electron chi connectivity index (χ4n) is 1.97. The van der Waals surface area contributed by atoms with E-state index in [4.69, 9.17) is 10.5 Å². The normalized spacial score (nSPS) is 11.4. The second kappa shape index (κ2) is 3.71. The van der Waals surface area contributed by atoms with E-state index < -0.39 is 0 Å². The first-order valence-corrected chi connectivity index (χ1v) is 5.31. The van der Waals surface area contributed by atoms with Crippen LogP contribution in [0.15, 0.2) is 24.3 Å². The lowest BCUT2D eigenvalue weighted by atomic mass is 10.2. The van der Waals surface area contributed by atoms with E-state index in [1.807, 2.05) is 24.3 Å². The number of aromatic nitrogens is 3. The minimum atomic E-state index is 0.433. The Morgan fingerprint density at radius 2 is 2.12 bits per heavy atom. The SMILES string of the molecule is COCc1nc2c(N)nc3ccccc3c2[nH]1. The Morgan fingerprint density at radius 3 is 2.94 bits per heavy atom. The first-order chi connectivity index (χ1) is 8.29. The summed E-state index contributed by atoms with van der Waals surface area (Å²) >= 11 is 0. The van der Waals surface area contributed by atoms with Gasteiger partial charge < -0.3 is 15.5 Å². The Labute approximate surface area is 97.6 Å². The molecule has 0 spiro atoms. The molecule has 5 nitrogen and oxygen atoms in total. The summed E-state index contributed by atoms with van der Waals surface area (Å²) in [4.78, 5) is 11.9. The minimum absolute atomic E-state index is 0.433. The number of fused-ring (bicyclic) bond motifs is 3. The van der Waals surface area contributed by atoms with Crippen LogP contribution in [0.5, 0.6) is 0 Å². The van der Waals surface area contributed by atoms with E-state index in [1.54, 1.807) is 7.11 Å². The van der Waals surface area contributed by atoms with Crippen molar-refractivity contribution in [3.05, 3.63) is 30.1 Å². The number of ether oxygens (including phenoxy) is 1. The molecule has 0 radical (unpaired) electrons. The molecule has 17 heavy (non-hydrogen) atoms. The second-order valence-corrected chi connectivity index (χ2v) is 3.85. The molecule has 0 aliphatic heterocycles. The number of aromatic amines is 1. The van der Waals surface area contributed by atoms with Gasteiger partial charge in [0.2, 0.25) is 0 Å². The largest absolute Gasteiger partial charge is 0.382 e. The number of nitrogens with zero attached hydrogens (tertiary/aromatic N) is 2. The molecule has 3 rings (SSSR count). The predicted octanol–water partition coefficient (Wildman–Crippen LogP) is 1.84. The van der Waals surface area contributed by atoms with Gasteiger partial charge in [-0.3, -0.25) is 0 Å². The molecule has 0 fully saturated rings. The summed E-state index contributed by atoms with van der Waals surface area (Å²) < 4.78 is 5.05. The molecule has 0 bridgehead atoms. The van der Waals surface area contributed by atoms with Crippen molar-refractivity contribution in [1.29, 1.82) is 0 Å². The number of rotatable bonds is 2. The Kier molecular flexibility index (Phi) is 2.19. The standard InChI is InChI=1S/C12H12N4O/c1-17-6-9-15-10-7-4-2-3-5-8(7)14-12(13)11(10)16-9/h2-5H,6H2,1H3,(H2,13,14)(H,15,16). The highest BCUT2D eigenvalue weighted by Gasteiger charge is 2.10. The summed E-state index contributed by atoms with van der Waals surface area (Å²) in [6.45, 7) is 0.433. The molecule has 0 amide bonds. The van der Waals surface area contributed by atoms with Gasteiger partial charge in [0.1, 0.15) is 17.9 Å². The van der Waals surface area contributed by atoms with E-state index in [9.17, 15) is 0 Å². The minimum Gasteiger partial charge on any atom is -0.382 e. The lowest BCUT2D eigenvalue weighted by Crippen LogP contribution is -1.92. The Bertz CT molecular complexity index is 689. The molecule has 2 heterocycles. The van der Waals surface area contributed by atoms with Crippen LogP contribution in [-0.2, 0) is 11.3 Å². The highest BCUT2D eigenvalue weighted by Crippen LogP contribution is 2.25. The third-order valence-electron chi connectivity index (χ3n) is 2.69. The molecular formula is C12H12N4O. The molecule has 0 aliphatic rings. The average Bonchev–Trinajstić information content (AvgIpc) is 2.74. The molecular weight excluding hydrogens is 216 g/mol. The average molecular weight is 228 g/mol. The number of nitrogens with one attached hydrogen (secondary N) is 1. The number of hydrogen-bond acceptors (Lipinski definition) is 4. The topological polar surface area (TPSA) is 76.8 Å². The number of hydrogen-bond donors (Lipinski definition) is 2. The lowest BCUT2D eigenvalue weighted by molar-refractivity contribution is 0.179. The van der Waals surface area contributed by atoms with Gasteiger partial charge in [0, 0.05) is 12.5 Å². The quantitative estimate of drug-likeness (QED) is 0.701. The van der Waals surface area contributed by atoms with Crippen LogP contribution in [0.3, 0.4) is 0 Å². The van der Waals surface area contributed by atoms with Crippen molar-refractivity contribution in [2.24, 2.45) is 0 Å². The van der Waals surface area contributed by atoms with E-state index in [2.05, 4.69) is 15.0 Å². The number of anilines is 1. The zero-order valence-corrected chi connectivity index (χ0v) is 9.40. The summed E-state index contributed by atoms with van der Waals surface area (Å²) in [5, 5.41) is 1.02. The first kappa shape index (κ1) is 10.0. The van der Waals surface area contributed by atoms with Crippen molar-refractivity contribution in [3.8, 4) is 0 Å². The van der Waals surface area contributed by atoms with Crippen molar-refractivity contribution in [1.82, 2.24) is 15.0 Å². The molecule has 3 aromatic rings. The van der Waals surface area contributed by atoms with Crippen LogP contribution in [0.4, 0.5) is 5.82 Å². The smallest absolute Gasteiger partial charge is 0.152 e. The monoisotopic (exact) mass is 228 g/mol. The molecule has 5 heteroatoms. The van der Waals surface area contributed by atoms with Crippen LogP contribution in [0.2, 0.25) is 0 Å². The summed E-state index contributed by atoms with van der Waals surface area (Å²) in [6.07, 6.45) is 0. The number of methoxy groups -OCH3 is 1. The lowest BCUT2D eigenvalue weighted by Gasteiger charge is -1.99. The molecule has 0 aliphatic carbocycles. The first-order valence-electron chi connectivity index (χ1n) is 5.31. The maximum atomic E-state index is 5.90. The molecule has 2 aromatic heterocycles. The number of H-pyrrole nitrogens is 1.